The van der Waals surface area contributed by atoms with E-state index in [9.17, 15) is 0 Å². The van der Waals surface area contributed by atoms with Gasteiger partial charge in [0.25, 0.3) is 0 Å². The summed E-state index contributed by atoms with van der Waals surface area (Å²) in [5, 5.41) is 0. The smallest absolute Gasteiger partial charge is 0.140 e. The highest BCUT2D eigenvalue weighted by molar-refractivity contribution is 9.10. The van der Waals surface area contributed by atoms with Crippen molar-refractivity contribution in [3.63, 3.8) is 0 Å². The average molecular weight is 301 g/mol. The second-order valence-electron chi connectivity index (χ2n) is 4.47. The number of pyridine rings is 1. The van der Waals surface area contributed by atoms with Crippen LogP contribution in [0.15, 0.2) is 53.3 Å². The Morgan fingerprint density at radius 3 is 2.72 bits per heavy atom. The minimum Gasteiger partial charge on any atom is -0.305 e. The summed E-state index contributed by atoms with van der Waals surface area (Å²) < 4.78 is 3.16. The fourth-order valence-corrected chi connectivity index (χ4v) is 2.73. The van der Waals surface area contributed by atoms with E-state index in [1.54, 1.807) is 0 Å². The molecule has 90 valence electrons. The molecule has 3 rings (SSSR count). The highest BCUT2D eigenvalue weighted by Gasteiger charge is 2.05. The largest absolute Gasteiger partial charge is 0.305 e. The molecular formula is C15H13BrN2. The van der Waals surface area contributed by atoms with Gasteiger partial charge in [-0.15, -0.1) is 0 Å². The normalized spacial score (nSPS) is 11.0. The Morgan fingerprint density at radius 1 is 1.17 bits per heavy atom. The number of nitrogens with zero attached hydrogens (tertiary/aromatic N) is 2. The van der Waals surface area contributed by atoms with Crippen LogP contribution in [0.2, 0.25) is 0 Å². The quantitative estimate of drug-likeness (QED) is 0.699. The van der Waals surface area contributed by atoms with E-state index in [4.69, 9.17) is 4.98 Å². The lowest BCUT2D eigenvalue weighted by atomic mass is 10.1. The van der Waals surface area contributed by atoms with Gasteiger partial charge in [-0.3, -0.25) is 0 Å². The summed E-state index contributed by atoms with van der Waals surface area (Å²) in [7, 11) is 0. The first kappa shape index (κ1) is 11.5. The maximum Gasteiger partial charge on any atom is 0.140 e. The summed E-state index contributed by atoms with van der Waals surface area (Å²) in [5.74, 6) is 0. The summed E-state index contributed by atoms with van der Waals surface area (Å²) in [6.07, 6.45) is 5.02. The van der Waals surface area contributed by atoms with Gasteiger partial charge in [-0.25, -0.2) is 4.98 Å². The maximum atomic E-state index is 4.69. The van der Waals surface area contributed by atoms with Crippen molar-refractivity contribution in [1.82, 2.24) is 9.38 Å². The molecule has 3 aromatic rings. The molecule has 1 aromatic carbocycles. The third-order valence-corrected chi connectivity index (χ3v) is 3.41. The molecule has 0 spiro atoms. The molecule has 0 aliphatic rings. The van der Waals surface area contributed by atoms with E-state index >= 15 is 0 Å². The number of halogens is 1. The summed E-state index contributed by atoms with van der Waals surface area (Å²) in [6, 6.07) is 12.5. The van der Waals surface area contributed by atoms with Crippen molar-refractivity contribution in [1.29, 1.82) is 0 Å². The van der Waals surface area contributed by atoms with Crippen LogP contribution in [0, 0.1) is 6.92 Å². The van der Waals surface area contributed by atoms with Crippen molar-refractivity contribution in [2.24, 2.45) is 0 Å². The van der Waals surface area contributed by atoms with E-state index in [1.807, 2.05) is 12.3 Å². The molecule has 18 heavy (non-hydrogen) atoms. The monoisotopic (exact) mass is 300 g/mol. The molecular weight excluding hydrogens is 288 g/mol. The standard InChI is InChI=1S/C15H13BrN2/c1-11-7-13(16)9-18-10-14(17-15(11)18)8-12-5-3-2-4-6-12/h2-7,9-10H,8H2,1H3. The number of benzene rings is 1. The maximum absolute atomic E-state index is 4.69. The fourth-order valence-electron chi connectivity index (χ4n) is 2.17. The molecule has 0 saturated heterocycles. The molecule has 0 aliphatic heterocycles. The van der Waals surface area contributed by atoms with Crippen LogP contribution in [0.5, 0.6) is 0 Å². The fraction of sp³-hybridized carbons (Fsp3) is 0.133. The minimum atomic E-state index is 0.875. The summed E-state index contributed by atoms with van der Waals surface area (Å²) in [5.41, 5.74) is 4.60. The lowest BCUT2D eigenvalue weighted by Crippen LogP contribution is -1.87. The minimum absolute atomic E-state index is 0.875. The first-order valence-corrected chi connectivity index (χ1v) is 6.69. The number of hydrogen-bond acceptors (Lipinski definition) is 1. The molecule has 0 radical (unpaired) electrons. The third-order valence-electron chi connectivity index (χ3n) is 2.98. The van der Waals surface area contributed by atoms with Gasteiger partial charge in [0.1, 0.15) is 5.65 Å². The van der Waals surface area contributed by atoms with E-state index in [1.165, 1.54) is 11.1 Å². The zero-order chi connectivity index (χ0) is 12.5. The highest BCUT2D eigenvalue weighted by atomic mass is 79.9. The van der Waals surface area contributed by atoms with E-state index < -0.39 is 0 Å². The van der Waals surface area contributed by atoms with Crippen molar-refractivity contribution in [2.45, 2.75) is 13.3 Å². The number of hydrogen-bond donors (Lipinski definition) is 0. The van der Waals surface area contributed by atoms with Crippen LogP contribution in [0.4, 0.5) is 0 Å². The second kappa shape index (κ2) is 4.58. The van der Waals surface area contributed by atoms with Gasteiger partial charge in [-0.2, -0.15) is 0 Å². The molecule has 0 atom stereocenters. The summed E-state index contributed by atoms with van der Waals surface area (Å²) in [4.78, 5) is 4.69. The van der Waals surface area contributed by atoms with Gasteiger partial charge in [0, 0.05) is 23.3 Å². The highest BCUT2D eigenvalue weighted by Crippen LogP contribution is 2.18. The van der Waals surface area contributed by atoms with Crippen LogP contribution in [0.1, 0.15) is 16.8 Å². The molecule has 0 unspecified atom stereocenters. The van der Waals surface area contributed by atoms with Crippen LogP contribution in [-0.4, -0.2) is 9.38 Å². The first-order valence-electron chi connectivity index (χ1n) is 5.90. The Hall–Kier alpha value is -1.61. The molecule has 0 amide bonds. The summed E-state index contributed by atoms with van der Waals surface area (Å²) in [6.45, 7) is 2.08. The molecule has 2 nitrogen and oxygen atoms in total. The number of aromatic nitrogens is 2. The van der Waals surface area contributed by atoms with Crippen molar-refractivity contribution >= 4 is 21.6 Å². The molecule has 0 bridgehead atoms. The van der Waals surface area contributed by atoms with Crippen LogP contribution in [0.25, 0.3) is 5.65 Å². The van der Waals surface area contributed by atoms with Crippen molar-refractivity contribution < 1.29 is 0 Å². The number of rotatable bonds is 2. The molecule has 0 fully saturated rings. The van der Waals surface area contributed by atoms with E-state index in [2.05, 4.69) is 63.8 Å². The van der Waals surface area contributed by atoms with Gasteiger partial charge >= 0.3 is 0 Å². The van der Waals surface area contributed by atoms with E-state index in [0.717, 1.165) is 22.2 Å². The Labute approximate surface area is 114 Å². The van der Waals surface area contributed by atoms with Crippen LogP contribution in [0.3, 0.4) is 0 Å². The molecule has 3 heteroatoms. The Kier molecular flexibility index (Phi) is 2.92. The third kappa shape index (κ3) is 2.18. The Bertz CT molecular complexity index is 686. The lowest BCUT2D eigenvalue weighted by Gasteiger charge is -1.97. The molecule has 2 aromatic heterocycles. The lowest BCUT2D eigenvalue weighted by molar-refractivity contribution is 1.11. The topological polar surface area (TPSA) is 17.3 Å². The van der Waals surface area contributed by atoms with Gasteiger partial charge in [0.05, 0.1) is 5.69 Å². The van der Waals surface area contributed by atoms with Gasteiger partial charge in [0.2, 0.25) is 0 Å². The number of fused-ring (bicyclic) bond motifs is 1. The molecule has 2 heterocycles. The van der Waals surface area contributed by atoms with Crippen LogP contribution in [-0.2, 0) is 6.42 Å². The zero-order valence-electron chi connectivity index (χ0n) is 10.1. The van der Waals surface area contributed by atoms with Crippen LogP contribution < -0.4 is 0 Å². The Morgan fingerprint density at radius 2 is 1.94 bits per heavy atom. The van der Waals surface area contributed by atoms with Crippen molar-refractivity contribution in [2.75, 3.05) is 0 Å². The van der Waals surface area contributed by atoms with Gasteiger partial charge in [-0.05, 0) is 40.0 Å². The van der Waals surface area contributed by atoms with E-state index in [-0.39, 0.29) is 0 Å². The van der Waals surface area contributed by atoms with Crippen molar-refractivity contribution in [3.8, 4) is 0 Å². The number of aryl methyl sites for hydroxylation is 1. The second-order valence-corrected chi connectivity index (χ2v) is 5.38. The molecule has 0 N–H and O–H groups in total. The van der Waals surface area contributed by atoms with Crippen LogP contribution >= 0.6 is 15.9 Å². The predicted octanol–water partition coefficient (Wildman–Crippen LogP) is 4.00. The van der Waals surface area contributed by atoms with Crippen molar-refractivity contribution in [3.05, 3.63) is 70.1 Å². The average Bonchev–Trinajstić information content (AvgIpc) is 2.73. The number of imidazole rings is 1. The van der Waals surface area contributed by atoms with E-state index in [0.29, 0.717) is 0 Å². The Balaban J connectivity index is 2.01. The SMILES string of the molecule is Cc1cc(Br)cn2cc(Cc3ccccc3)nc12. The molecule has 0 aliphatic carbocycles. The predicted molar refractivity (Wildman–Crippen MR) is 76.9 cm³/mol. The van der Waals surface area contributed by atoms with Gasteiger partial charge < -0.3 is 4.40 Å². The first-order chi connectivity index (χ1) is 8.72. The van der Waals surface area contributed by atoms with Gasteiger partial charge in [0.15, 0.2) is 0 Å². The molecule has 0 saturated carbocycles. The zero-order valence-corrected chi connectivity index (χ0v) is 11.7. The van der Waals surface area contributed by atoms with Gasteiger partial charge in [-0.1, -0.05) is 30.3 Å². The summed E-state index contributed by atoms with van der Waals surface area (Å²) >= 11 is 3.51.